The van der Waals surface area contributed by atoms with Crippen molar-refractivity contribution in [2.24, 2.45) is 4.99 Å². The van der Waals surface area contributed by atoms with Crippen LogP contribution >= 0.6 is 0 Å². The molecule has 0 radical (unpaired) electrons. The van der Waals surface area contributed by atoms with Crippen LogP contribution in [0.5, 0.6) is 0 Å². The van der Waals surface area contributed by atoms with Crippen LogP contribution in [-0.4, -0.2) is 50.1 Å². The molecule has 3 rings (SSSR count). The van der Waals surface area contributed by atoms with E-state index in [1.54, 1.807) is 0 Å². The molecular weight excluding hydrogens is 284 g/mol. The lowest BCUT2D eigenvalue weighted by molar-refractivity contribution is 0.267. The summed E-state index contributed by atoms with van der Waals surface area (Å²) in [5.41, 5.74) is 1.78. The van der Waals surface area contributed by atoms with E-state index in [-0.39, 0.29) is 0 Å². The zero-order valence-corrected chi connectivity index (χ0v) is 14.5. The van der Waals surface area contributed by atoms with E-state index in [1.165, 1.54) is 37.8 Å². The standard InChI is InChI=1S/C19H30N4/c1-3-23-13-7-10-17(23)14-21-18(20-2)22-15-19(11-12-19)16-8-5-4-6-9-16/h4-6,8-9,17H,3,7,10-15H2,1-2H3,(H2,20,21,22). The third kappa shape index (κ3) is 3.86. The second-order valence-electron chi connectivity index (χ2n) is 6.88. The summed E-state index contributed by atoms with van der Waals surface area (Å²) in [7, 11) is 1.86. The first-order valence-electron chi connectivity index (χ1n) is 9.01. The van der Waals surface area contributed by atoms with Gasteiger partial charge in [0.15, 0.2) is 5.96 Å². The Morgan fingerprint density at radius 1 is 1.26 bits per heavy atom. The Morgan fingerprint density at radius 3 is 2.70 bits per heavy atom. The van der Waals surface area contributed by atoms with Crippen molar-refractivity contribution in [3.63, 3.8) is 0 Å². The summed E-state index contributed by atoms with van der Waals surface area (Å²) in [5, 5.41) is 7.07. The molecule has 2 aliphatic rings. The number of likely N-dealkylation sites (tertiary alicyclic amines) is 1. The van der Waals surface area contributed by atoms with Crippen LogP contribution in [0.2, 0.25) is 0 Å². The predicted molar refractivity (Wildman–Crippen MR) is 97.0 cm³/mol. The molecule has 126 valence electrons. The number of guanidine groups is 1. The van der Waals surface area contributed by atoms with Crippen molar-refractivity contribution >= 4 is 5.96 Å². The van der Waals surface area contributed by atoms with Crippen LogP contribution in [0.4, 0.5) is 0 Å². The van der Waals surface area contributed by atoms with Gasteiger partial charge in [-0.25, -0.2) is 0 Å². The maximum atomic E-state index is 4.40. The van der Waals surface area contributed by atoms with Crippen LogP contribution in [0.1, 0.15) is 38.2 Å². The highest BCUT2D eigenvalue weighted by Crippen LogP contribution is 2.47. The molecule has 1 aromatic rings. The minimum absolute atomic E-state index is 0.321. The number of hydrogen-bond acceptors (Lipinski definition) is 2. The van der Waals surface area contributed by atoms with E-state index < -0.39 is 0 Å². The molecular formula is C19H30N4. The van der Waals surface area contributed by atoms with Crippen molar-refractivity contribution in [3.05, 3.63) is 35.9 Å². The third-order valence-electron chi connectivity index (χ3n) is 5.47. The average molecular weight is 314 g/mol. The van der Waals surface area contributed by atoms with Crippen LogP contribution in [0.15, 0.2) is 35.3 Å². The van der Waals surface area contributed by atoms with E-state index in [1.807, 2.05) is 7.05 Å². The summed E-state index contributed by atoms with van der Waals surface area (Å²) >= 11 is 0. The van der Waals surface area contributed by atoms with E-state index in [9.17, 15) is 0 Å². The Morgan fingerprint density at radius 2 is 2.04 bits per heavy atom. The van der Waals surface area contributed by atoms with Crippen molar-refractivity contribution in [3.8, 4) is 0 Å². The summed E-state index contributed by atoms with van der Waals surface area (Å²) in [6.45, 7) is 6.61. The average Bonchev–Trinajstić information content (AvgIpc) is 3.26. The van der Waals surface area contributed by atoms with E-state index >= 15 is 0 Å². The fraction of sp³-hybridized carbons (Fsp3) is 0.632. The highest BCUT2D eigenvalue weighted by atomic mass is 15.2. The molecule has 0 bridgehead atoms. The summed E-state index contributed by atoms with van der Waals surface area (Å²) in [6, 6.07) is 11.5. The van der Waals surface area contributed by atoms with Crippen molar-refractivity contribution in [2.45, 2.75) is 44.1 Å². The predicted octanol–water partition coefficient (Wildman–Crippen LogP) is 2.37. The van der Waals surface area contributed by atoms with Gasteiger partial charge in [-0.15, -0.1) is 0 Å². The Kier molecular flexibility index (Phi) is 5.21. The molecule has 4 heteroatoms. The molecule has 1 unspecified atom stereocenters. The Balaban J connectivity index is 1.49. The van der Waals surface area contributed by atoms with Gasteiger partial charge in [-0.3, -0.25) is 9.89 Å². The van der Waals surface area contributed by atoms with Crippen molar-refractivity contribution in [1.82, 2.24) is 15.5 Å². The highest BCUT2D eigenvalue weighted by molar-refractivity contribution is 5.79. The lowest BCUT2D eigenvalue weighted by Gasteiger charge is -2.24. The molecule has 0 aromatic heterocycles. The largest absolute Gasteiger partial charge is 0.356 e. The molecule has 1 aliphatic carbocycles. The molecule has 1 atom stereocenters. The first-order valence-corrected chi connectivity index (χ1v) is 9.01. The topological polar surface area (TPSA) is 39.7 Å². The fourth-order valence-corrected chi connectivity index (χ4v) is 3.74. The third-order valence-corrected chi connectivity index (χ3v) is 5.47. The zero-order valence-electron chi connectivity index (χ0n) is 14.5. The van der Waals surface area contributed by atoms with Gasteiger partial charge >= 0.3 is 0 Å². The Bertz CT molecular complexity index is 521. The van der Waals surface area contributed by atoms with E-state index in [4.69, 9.17) is 0 Å². The van der Waals surface area contributed by atoms with Gasteiger partial charge in [0, 0.05) is 31.6 Å². The molecule has 1 saturated heterocycles. The zero-order chi connectivity index (χ0) is 16.1. The van der Waals surface area contributed by atoms with Gasteiger partial charge in [-0.05, 0) is 44.3 Å². The second-order valence-corrected chi connectivity index (χ2v) is 6.88. The normalized spacial score (nSPS) is 23.7. The summed E-state index contributed by atoms with van der Waals surface area (Å²) < 4.78 is 0. The molecule has 2 N–H and O–H groups in total. The number of nitrogens with zero attached hydrogens (tertiary/aromatic N) is 2. The van der Waals surface area contributed by atoms with Crippen LogP contribution in [0.3, 0.4) is 0 Å². The first-order chi connectivity index (χ1) is 11.3. The van der Waals surface area contributed by atoms with Gasteiger partial charge in [-0.2, -0.15) is 0 Å². The van der Waals surface area contributed by atoms with Crippen LogP contribution in [0.25, 0.3) is 0 Å². The van der Waals surface area contributed by atoms with Gasteiger partial charge in [0.05, 0.1) is 0 Å². The molecule has 4 nitrogen and oxygen atoms in total. The van der Waals surface area contributed by atoms with Crippen LogP contribution in [-0.2, 0) is 5.41 Å². The highest BCUT2D eigenvalue weighted by Gasteiger charge is 2.44. The SMILES string of the molecule is CCN1CCCC1CNC(=NC)NCC1(c2ccccc2)CC1. The Hall–Kier alpha value is -1.55. The fourth-order valence-electron chi connectivity index (χ4n) is 3.74. The van der Waals surface area contributed by atoms with Crippen molar-refractivity contribution in [2.75, 3.05) is 33.2 Å². The molecule has 0 spiro atoms. The van der Waals surface area contributed by atoms with Crippen molar-refractivity contribution < 1.29 is 0 Å². The van der Waals surface area contributed by atoms with Gasteiger partial charge in [0.1, 0.15) is 0 Å². The van der Waals surface area contributed by atoms with Gasteiger partial charge < -0.3 is 10.6 Å². The molecule has 1 saturated carbocycles. The second kappa shape index (κ2) is 7.35. The number of benzene rings is 1. The van der Waals surface area contributed by atoms with Crippen LogP contribution < -0.4 is 10.6 Å². The minimum Gasteiger partial charge on any atom is -0.356 e. The quantitative estimate of drug-likeness (QED) is 0.625. The van der Waals surface area contributed by atoms with Gasteiger partial charge in [-0.1, -0.05) is 37.3 Å². The maximum absolute atomic E-state index is 4.40. The lowest BCUT2D eigenvalue weighted by atomic mass is 9.96. The molecule has 1 heterocycles. The number of hydrogen-bond donors (Lipinski definition) is 2. The molecule has 0 amide bonds. The minimum atomic E-state index is 0.321. The summed E-state index contributed by atoms with van der Waals surface area (Å²) in [6.07, 6.45) is 5.16. The number of rotatable bonds is 6. The van der Waals surface area contributed by atoms with E-state index in [0.29, 0.717) is 11.5 Å². The molecule has 1 aliphatic heterocycles. The van der Waals surface area contributed by atoms with Crippen LogP contribution in [0, 0.1) is 0 Å². The monoisotopic (exact) mass is 314 g/mol. The van der Waals surface area contributed by atoms with Gasteiger partial charge in [0.2, 0.25) is 0 Å². The van der Waals surface area contributed by atoms with E-state index in [2.05, 4.69) is 57.8 Å². The van der Waals surface area contributed by atoms with E-state index in [0.717, 1.165) is 25.6 Å². The molecule has 2 fully saturated rings. The lowest BCUT2D eigenvalue weighted by Crippen LogP contribution is -2.46. The summed E-state index contributed by atoms with van der Waals surface area (Å²) in [4.78, 5) is 6.96. The number of likely N-dealkylation sites (N-methyl/N-ethyl adjacent to an activating group) is 1. The molecule has 23 heavy (non-hydrogen) atoms. The number of aliphatic imine (C=N–C) groups is 1. The first kappa shape index (κ1) is 16.3. The Labute approximate surface area is 140 Å². The van der Waals surface area contributed by atoms with Gasteiger partial charge in [0.25, 0.3) is 0 Å². The number of nitrogens with one attached hydrogen (secondary N) is 2. The van der Waals surface area contributed by atoms with Crippen molar-refractivity contribution in [1.29, 1.82) is 0 Å². The smallest absolute Gasteiger partial charge is 0.191 e. The maximum Gasteiger partial charge on any atom is 0.191 e. The summed E-state index contributed by atoms with van der Waals surface area (Å²) in [5.74, 6) is 0.940. The molecule has 1 aromatic carbocycles.